The van der Waals surface area contributed by atoms with E-state index in [1.54, 1.807) is 0 Å². The van der Waals surface area contributed by atoms with Crippen molar-refractivity contribution in [2.45, 2.75) is 150 Å². The van der Waals surface area contributed by atoms with Crippen molar-refractivity contribution in [2.24, 2.45) is 32.9 Å². The molecule has 1 aliphatic carbocycles. The van der Waals surface area contributed by atoms with E-state index in [9.17, 15) is 45.6 Å². The molecule has 54 heavy (non-hydrogen) atoms. The number of nitrogens with zero attached hydrogens (tertiary/aromatic N) is 2. The van der Waals surface area contributed by atoms with Crippen LogP contribution >= 0.6 is 12.2 Å². The van der Waals surface area contributed by atoms with Gasteiger partial charge < -0.3 is 98.7 Å². The molecule has 16 atom stereocenters. The van der Waals surface area contributed by atoms with E-state index in [0.717, 1.165) is 12.8 Å². The molecule has 4 aliphatic rings. The van der Waals surface area contributed by atoms with Gasteiger partial charge in [-0.25, -0.2) is 9.98 Å². The number of likely N-dealkylation sites (N-methyl/N-ethyl adjacent to an activating group) is 1. The van der Waals surface area contributed by atoms with Crippen LogP contribution in [0.3, 0.4) is 0 Å². The highest BCUT2D eigenvalue weighted by atomic mass is 32.1. The second-order valence-corrected chi connectivity index (χ2v) is 14.2. The van der Waals surface area contributed by atoms with Gasteiger partial charge in [0.1, 0.15) is 72.6 Å². The van der Waals surface area contributed by atoms with Gasteiger partial charge in [0.2, 0.25) is 5.91 Å². The number of aliphatic imine (C=N–C) groups is 2. The third kappa shape index (κ3) is 10.8. The Kier molecular flexibility index (Phi) is 17.4. The Morgan fingerprint density at radius 3 is 2.06 bits per heavy atom. The van der Waals surface area contributed by atoms with E-state index in [4.69, 9.17) is 54.1 Å². The molecule has 3 saturated heterocycles. The fourth-order valence-electron chi connectivity index (χ4n) is 6.78. The van der Waals surface area contributed by atoms with Crippen LogP contribution in [0.5, 0.6) is 0 Å². The zero-order valence-corrected chi connectivity index (χ0v) is 31.4. The Balaban J connectivity index is 0.000000469. The molecule has 0 aromatic heterocycles. The molecule has 23 heteroatoms. The number of carbonyl (C=O) groups excluding carboxylic acids is 1. The second kappa shape index (κ2) is 20.5. The lowest BCUT2D eigenvalue weighted by Crippen LogP contribution is -2.66. The molecular formula is C31H59N9O13S. The molecule has 1 saturated carbocycles. The summed E-state index contributed by atoms with van der Waals surface area (Å²) in [5.74, 6) is -0.974. The molecule has 16 unspecified atom stereocenters. The van der Waals surface area contributed by atoms with Crippen molar-refractivity contribution in [1.29, 1.82) is 0 Å². The Morgan fingerprint density at radius 1 is 0.889 bits per heavy atom. The van der Waals surface area contributed by atoms with Gasteiger partial charge in [0.05, 0.1) is 25.4 Å². The zero-order valence-electron chi connectivity index (χ0n) is 30.5. The lowest BCUT2D eigenvalue weighted by Gasteiger charge is -2.45. The Morgan fingerprint density at radius 2 is 1.52 bits per heavy atom. The number of carbonyl (C=O) groups is 1. The second-order valence-electron chi connectivity index (χ2n) is 13.8. The van der Waals surface area contributed by atoms with Gasteiger partial charge in [-0.05, 0) is 32.6 Å². The molecule has 0 spiro atoms. The molecular weight excluding hydrogens is 738 g/mol. The van der Waals surface area contributed by atoms with E-state index in [1.807, 2.05) is 0 Å². The van der Waals surface area contributed by atoms with Crippen LogP contribution in [0.4, 0.5) is 0 Å². The fourth-order valence-corrected chi connectivity index (χ4v) is 7.03. The summed E-state index contributed by atoms with van der Waals surface area (Å²) < 4.78 is 23.2. The summed E-state index contributed by atoms with van der Waals surface area (Å²) in [5.41, 5.74) is 19.7. The average Bonchev–Trinajstić information content (AvgIpc) is 3.57. The maximum atomic E-state index is 11.3. The molecule has 0 aromatic rings. The van der Waals surface area contributed by atoms with Gasteiger partial charge in [0, 0.05) is 0 Å². The smallest absolute Gasteiger partial charge is 0.248 e. The molecule has 3 heterocycles. The summed E-state index contributed by atoms with van der Waals surface area (Å²) in [6, 6.07) is -4.08. The summed E-state index contributed by atoms with van der Waals surface area (Å²) in [5, 5.41) is 93.0. The predicted octanol–water partition coefficient (Wildman–Crippen LogP) is -6.65. The number of aliphatic hydroxyl groups excluding tert-OH is 7. The fraction of sp³-hybridized carbons (Fsp3) is 0.871. The topological polar surface area (TPSA) is 381 Å². The number of thiocarbonyl (C=S) groups is 1. The first-order chi connectivity index (χ1) is 25.4. The number of amides is 1. The lowest BCUT2D eigenvalue weighted by atomic mass is 9.81. The first kappa shape index (κ1) is 45.8. The van der Waals surface area contributed by atoms with Crippen molar-refractivity contribution in [3.05, 3.63) is 0 Å². The summed E-state index contributed by atoms with van der Waals surface area (Å²) in [6.07, 6.45) is -9.89. The average molecular weight is 798 g/mol. The number of aliphatic hydroxyl groups is 8. The van der Waals surface area contributed by atoms with Crippen molar-refractivity contribution in [3.8, 4) is 0 Å². The van der Waals surface area contributed by atoms with Gasteiger partial charge in [0.25, 0.3) is 0 Å². The number of hydrogen-bond acceptors (Lipinski definition) is 17. The monoisotopic (exact) mass is 797 g/mol. The maximum Gasteiger partial charge on any atom is 0.248 e. The van der Waals surface area contributed by atoms with Crippen molar-refractivity contribution >= 4 is 35.2 Å². The van der Waals surface area contributed by atoms with Crippen LogP contribution in [0.1, 0.15) is 52.4 Å². The number of ether oxygens (including phenoxy) is 4. The molecule has 4 rings (SSSR count). The van der Waals surface area contributed by atoms with E-state index in [2.05, 4.69) is 32.9 Å². The number of nitrogens with two attached hydrogens (primary N) is 4. The molecule has 312 valence electrons. The first-order valence-electron chi connectivity index (χ1n) is 17.9. The summed E-state index contributed by atoms with van der Waals surface area (Å²) in [7, 11) is 1.44. The lowest BCUT2D eigenvalue weighted by molar-refractivity contribution is -0.317. The van der Waals surface area contributed by atoms with Gasteiger partial charge in [-0.2, -0.15) is 0 Å². The molecule has 0 bridgehead atoms. The van der Waals surface area contributed by atoms with E-state index < -0.39 is 116 Å². The Hall–Kier alpha value is -2.62. The van der Waals surface area contributed by atoms with Gasteiger partial charge in [-0.1, -0.05) is 39.0 Å². The van der Waals surface area contributed by atoms with Gasteiger partial charge >= 0.3 is 0 Å². The predicted molar refractivity (Wildman–Crippen MR) is 195 cm³/mol. The van der Waals surface area contributed by atoms with E-state index >= 15 is 0 Å². The summed E-state index contributed by atoms with van der Waals surface area (Å²) in [6.45, 7) is 2.00. The highest BCUT2D eigenvalue weighted by Gasteiger charge is 2.60. The number of rotatable bonds is 15. The van der Waals surface area contributed by atoms with Crippen LogP contribution in [-0.2, 0) is 23.7 Å². The van der Waals surface area contributed by atoms with Gasteiger partial charge in [0.15, 0.2) is 29.6 Å². The van der Waals surface area contributed by atoms with Crippen LogP contribution in [0.15, 0.2) is 9.98 Å². The molecule has 19 N–H and O–H groups in total. The maximum absolute atomic E-state index is 11.3. The quantitative estimate of drug-likeness (QED) is 0.0317. The summed E-state index contributed by atoms with van der Waals surface area (Å²) in [4.78, 5) is 18.9. The highest BCUT2D eigenvalue weighted by Crippen LogP contribution is 2.39. The molecule has 22 nitrogen and oxygen atoms in total. The molecule has 0 aromatic carbocycles. The number of guanidine groups is 2. The minimum absolute atomic E-state index is 0.0329. The minimum atomic E-state index is -2.15. The Bertz CT molecular complexity index is 1280. The number of hydrogen-bond donors (Lipinski definition) is 15. The third-order valence-corrected chi connectivity index (χ3v) is 10.2. The number of nitrogens with one attached hydrogen (secondary N) is 3. The van der Waals surface area contributed by atoms with Crippen molar-refractivity contribution in [2.75, 3.05) is 20.3 Å². The van der Waals surface area contributed by atoms with Crippen LogP contribution in [0, 0.1) is 0 Å². The van der Waals surface area contributed by atoms with Gasteiger partial charge in [-0.15, -0.1) is 0 Å². The zero-order chi connectivity index (χ0) is 40.5. The number of unbranched alkanes of at least 4 members (excludes halogenated alkanes) is 4. The van der Waals surface area contributed by atoms with Crippen molar-refractivity contribution in [1.82, 2.24) is 16.0 Å². The van der Waals surface area contributed by atoms with Crippen LogP contribution in [0.2, 0.25) is 0 Å². The highest BCUT2D eigenvalue weighted by molar-refractivity contribution is 7.80. The summed E-state index contributed by atoms with van der Waals surface area (Å²) >= 11 is 4.85. The third-order valence-electron chi connectivity index (χ3n) is 9.95. The van der Waals surface area contributed by atoms with E-state index in [-0.39, 0.29) is 11.9 Å². The molecule has 0 radical (unpaired) electrons. The van der Waals surface area contributed by atoms with Crippen LogP contribution < -0.4 is 38.9 Å². The standard InChI is InChI=1S/C21H41N7O12.C10H18N2OS/c1-5-21(36,4-30)16(40-17-9(26-2)13(34)10(31)6(3-29)38-17)18(37-5)39-15-8(28-20(24)25)11(32)7(27-19(22)23)12(33)14(15)35;1-2-3-4-5-6-7-8-9(13)12-10(14)11-8/h5-18,26,29-36H,3-4H2,1-2H3,(H4,22,23,27)(H4,24,25,28);8H,2-7H2,1H3,(H2,11,12,13,14). The Labute approximate surface area is 318 Å². The molecule has 4 fully saturated rings. The molecule has 3 aliphatic heterocycles. The SMILES string of the molecule is CCCCCCCC1NC(=S)NC1=O.CNC1C(OC2C(OC3C(O)C(O)C(N=C(N)N)C(O)C3N=C(N)N)OC(C)C2(O)CO)OC(CO)C(O)C1O. The van der Waals surface area contributed by atoms with E-state index in [0.29, 0.717) is 5.11 Å². The van der Waals surface area contributed by atoms with E-state index in [1.165, 1.54) is 39.7 Å². The molecule has 1 amide bonds. The van der Waals surface area contributed by atoms with Crippen molar-refractivity contribution < 1.29 is 64.6 Å². The first-order valence-corrected chi connectivity index (χ1v) is 18.3. The van der Waals surface area contributed by atoms with Gasteiger partial charge in [-0.3, -0.25) is 4.79 Å². The van der Waals surface area contributed by atoms with Crippen LogP contribution in [0.25, 0.3) is 0 Å². The van der Waals surface area contributed by atoms with Crippen LogP contribution in [-0.4, -0.2) is 181 Å². The van der Waals surface area contributed by atoms with Crippen molar-refractivity contribution in [3.63, 3.8) is 0 Å². The minimum Gasteiger partial charge on any atom is -0.394 e. The normalized spacial score (nSPS) is 40.6. The largest absolute Gasteiger partial charge is 0.394 e.